The predicted molar refractivity (Wildman–Crippen MR) is 80.9 cm³/mol. The topological polar surface area (TPSA) is 52.6 Å². The number of carbonyl (C=O) groups is 1. The number of carboxylic acid groups (broad SMARTS) is 1. The quantitative estimate of drug-likeness (QED) is 0.832. The lowest BCUT2D eigenvalue weighted by atomic mass is 9.77. The predicted octanol–water partition coefficient (Wildman–Crippen LogP) is 2.62. The SMILES string of the molecule is CC(C)NC1(C(=O)O)CCCC(N2CCCCC2C)C1. The fraction of sp³-hybridized carbons (Fsp3) is 0.938. The van der Waals surface area contributed by atoms with Crippen molar-refractivity contribution in [1.29, 1.82) is 0 Å². The Balaban J connectivity index is 2.10. The largest absolute Gasteiger partial charge is 0.480 e. The van der Waals surface area contributed by atoms with Crippen LogP contribution in [0.4, 0.5) is 0 Å². The minimum atomic E-state index is -0.714. The molecule has 3 unspecified atom stereocenters. The molecule has 4 nitrogen and oxygen atoms in total. The Hall–Kier alpha value is -0.610. The first-order valence-corrected chi connectivity index (χ1v) is 8.21. The Morgan fingerprint density at radius 2 is 2.05 bits per heavy atom. The molecule has 2 rings (SSSR count). The molecule has 1 heterocycles. The Kier molecular flexibility index (Phi) is 5.08. The molecule has 1 aliphatic carbocycles. The van der Waals surface area contributed by atoms with E-state index in [1.165, 1.54) is 19.3 Å². The van der Waals surface area contributed by atoms with E-state index in [4.69, 9.17) is 0 Å². The summed E-state index contributed by atoms with van der Waals surface area (Å²) >= 11 is 0. The Morgan fingerprint density at radius 1 is 1.30 bits per heavy atom. The highest BCUT2D eigenvalue weighted by atomic mass is 16.4. The summed E-state index contributed by atoms with van der Waals surface area (Å²) in [7, 11) is 0. The first-order chi connectivity index (χ1) is 9.44. The van der Waals surface area contributed by atoms with E-state index in [0.29, 0.717) is 12.1 Å². The summed E-state index contributed by atoms with van der Waals surface area (Å²) in [6, 6.07) is 1.25. The number of likely N-dealkylation sites (tertiary alicyclic amines) is 1. The maximum Gasteiger partial charge on any atom is 0.323 e. The van der Waals surface area contributed by atoms with Crippen LogP contribution >= 0.6 is 0 Å². The summed E-state index contributed by atoms with van der Waals surface area (Å²) in [4.78, 5) is 14.4. The second-order valence-corrected chi connectivity index (χ2v) is 7.02. The standard InChI is InChI=1S/C16H30N2O2/c1-12(2)17-16(15(19)20)9-6-8-14(11-16)18-10-5-4-7-13(18)3/h12-14,17H,4-11H2,1-3H3,(H,19,20). The monoisotopic (exact) mass is 282 g/mol. The molecule has 2 fully saturated rings. The molecule has 0 amide bonds. The van der Waals surface area contributed by atoms with Gasteiger partial charge in [0.1, 0.15) is 5.54 Å². The number of aliphatic carboxylic acids is 1. The maximum absolute atomic E-state index is 11.8. The van der Waals surface area contributed by atoms with Crippen molar-refractivity contribution in [3.05, 3.63) is 0 Å². The summed E-state index contributed by atoms with van der Waals surface area (Å²) in [5.41, 5.74) is -0.714. The first-order valence-electron chi connectivity index (χ1n) is 8.21. The van der Waals surface area contributed by atoms with Crippen molar-refractivity contribution in [1.82, 2.24) is 10.2 Å². The third-order valence-corrected chi connectivity index (χ3v) is 5.02. The van der Waals surface area contributed by atoms with E-state index in [2.05, 4.69) is 17.1 Å². The lowest BCUT2D eigenvalue weighted by Gasteiger charge is -2.47. The van der Waals surface area contributed by atoms with Crippen molar-refractivity contribution in [3.8, 4) is 0 Å². The number of carboxylic acids is 1. The highest BCUT2D eigenvalue weighted by Gasteiger charge is 2.45. The van der Waals surface area contributed by atoms with E-state index in [0.717, 1.165) is 32.2 Å². The lowest BCUT2D eigenvalue weighted by Crippen LogP contribution is -2.61. The summed E-state index contributed by atoms with van der Waals surface area (Å²) in [6.45, 7) is 7.52. The van der Waals surface area contributed by atoms with Gasteiger partial charge in [0.05, 0.1) is 0 Å². The molecule has 0 bridgehead atoms. The van der Waals surface area contributed by atoms with Crippen LogP contribution in [0.2, 0.25) is 0 Å². The molecule has 1 saturated carbocycles. The van der Waals surface area contributed by atoms with Gasteiger partial charge in [-0.15, -0.1) is 0 Å². The van der Waals surface area contributed by atoms with E-state index in [-0.39, 0.29) is 6.04 Å². The van der Waals surface area contributed by atoms with Crippen LogP contribution < -0.4 is 5.32 Å². The van der Waals surface area contributed by atoms with Crippen LogP contribution in [-0.2, 0) is 4.79 Å². The molecule has 0 aromatic carbocycles. The minimum absolute atomic E-state index is 0.212. The van der Waals surface area contributed by atoms with E-state index < -0.39 is 11.5 Å². The van der Waals surface area contributed by atoms with Gasteiger partial charge in [-0.1, -0.05) is 6.42 Å². The van der Waals surface area contributed by atoms with E-state index in [1.807, 2.05) is 13.8 Å². The molecule has 1 aliphatic heterocycles. The molecule has 1 saturated heterocycles. The van der Waals surface area contributed by atoms with Crippen LogP contribution in [-0.4, -0.2) is 46.2 Å². The fourth-order valence-corrected chi connectivity index (χ4v) is 4.13. The molecule has 0 aromatic rings. The van der Waals surface area contributed by atoms with Crippen molar-refractivity contribution in [2.45, 2.75) is 89.4 Å². The van der Waals surface area contributed by atoms with Crippen molar-refractivity contribution in [2.75, 3.05) is 6.54 Å². The zero-order valence-electron chi connectivity index (χ0n) is 13.2. The smallest absolute Gasteiger partial charge is 0.323 e. The maximum atomic E-state index is 11.8. The normalized spacial score (nSPS) is 36.2. The lowest BCUT2D eigenvalue weighted by molar-refractivity contribution is -0.148. The summed E-state index contributed by atoms with van der Waals surface area (Å²) in [5, 5.41) is 13.1. The molecular weight excluding hydrogens is 252 g/mol. The van der Waals surface area contributed by atoms with Crippen molar-refractivity contribution in [2.24, 2.45) is 0 Å². The van der Waals surface area contributed by atoms with Gasteiger partial charge in [-0.3, -0.25) is 15.0 Å². The van der Waals surface area contributed by atoms with Crippen LogP contribution in [0, 0.1) is 0 Å². The van der Waals surface area contributed by atoms with E-state index in [1.54, 1.807) is 0 Å². The molecular formula is C16H30N2O2. The van der Waals surface area contributed by atoms with Crippen molar-refractivity contribution < 1.29 is 9.90 Å². The van der Waals surface area contributed by atoms with Crippen LogP contribution in [0.3, 0.4) is 0 Å². The summed E-state index contributed by atoms with van der Waals surface area (Å²) < 4.78 is 0. The third kappa shape index (κ3) is 3.34. The van der Waals surface area contributed by atoms with Gasteiger partial charge in [0.25, 0.3) is 0 Å². The van der Waals surface area contributed by atoms with Gasteiger partial charge in [0.15, 0.2) is 0 Å². The third-order valence-electron chi connectivity index (χ3n) is 5.02. The van der Waals surface area contributed by atoms with Gasteiger partial charge in [-0.2, -0.15) is 0 Å². The van der Waals surface area contributed by atoms with Crippen LogP contribution in [0.15, 0.2) is 0 Å². The Morgan fingerprint density at radius 3 is 2.65 bits per heavy atom. The second-order valence-electron chi connectivity index (χ2n) is 7.02. The molecule has 20 heavy (non-hydrogen) atoms. The molecule has 116 valence electrons. The number of hydrogen-bond acceptors (Lipinski definition) is 3. The van der Waals surface area contributed by atoms with Crippen LogP contribution in [0.1, 0.15) is 65.7 Å². The number of piperidine rings is 1. The molecule has 4 heteroatoms. The van der Waals surface area contributed by atoms with Gasteiger partial charge in [-0.05, 0) is 65.8 Å². The van der Waals surface area contributed by atoms with Gasteiger partial charge in [-0.25, -0.2) is 0 Å². The molecule has 0 radical (unpaired) electrons. The Labute approximate surface area is 122 Å². The number of hydrogen-bond donors (Lipinski definition) is 2. The first kappa shape index (κ1) is 15.8. The highest BCUT2D eigenvalue weighted by molar-refractivity contribution is 5.79. The summed E-state index contributed by atoms with van der Waals surface area (Å²) in [6.07, 6.45) is 7.52. The molecule has 0 spiro atoms. The number of rotatable bonds is 4. The van der Waals surface area contributed by atoms with Gasteiger partial charge in [0.2, 0.25) is 0 Å². The van der Waals surface area contributed by atoms with Crippen LogP contribution in [0.25, 0.3) is 0 Å². The van der Waals surface area contributed by atoms with Crippen LogP contribution in [0.5, 0.6) is 0 Å². The minimum Gasteiger partial charge on any atom is -0.480 e. The number of nitrogens with one attached hydrogen (secondary N) is 1. The molecule has 3 atom stereocenters. The van der Waals surface area contributed by atoms with Gasteiger partial charge in [0, 0.05) is 18.1 Å². The highest BCUT2D eigenvalue weighted by Crippen LogP contribution is 2.34. The molecule has 0 aromatic heterocycles. The van der Waals surface area contributed by atoms with Gasteiger partial charge < -0.3 is 5.11 Å². The van der Waals surface area contributed by atoms with Crippen molar-refractivity contribution in [3.63, 3.8) is 0 Å². The average Bonchev–Trinajstić information content (AvgIpc) is 2.38. The molecule has 2 N–H and O–H groups in total. The van der Waals surface area contributed by atoms with Gasteiger partial charge >= 0.3 is 5.97 Å². The van der Waals surface area contributed by atoms with Crippen molar-refractivity contribution >= 4 is 5.97 Å². The fourth-order valence-electron chi connectivity index (χ4n) is 4.13. The zero-order valence-corrected chi connectivity index (χ0v) is 13.2. The Bertz CT molecular complexity index is 345. The number of nitrogens with zero attached hydrogens (tertiary/aromatic N) is 1. The summed E-state index contributed by atoms with van der Waals surface area (Å²) in [5.74, 6) is -0.666. The second kappa shape index (κ2) is 6.44. The van der Waals surface area contributed by atoms with E-state index >= 15 is 0 Å². The zero-order chi connectivity index (χ0) is 14.8. The molecule has 2 aliphatic rings. The average molecular weight is 282 g/mol. The van der Waals surface area contributed by atoms with E-state index in [9.17, 15) is 9.90 Å².